The molecule has 3 rings (SSSR count). The molecule has 0 saturated carbocycles. The van der Waals surface area contributed by atoms with Gasteiger partial charge in [0.05, 0.1) is 6.61 Å². The average Bonchev–Trinajstić information content (AvgIpc) is 2.89. The summed E-state index contributed by atoms with van der Waals surface area (Å²) >= 11 is 0. The first-order valence-electron chi connectivity index (χ1n) is 10.0. The smallest absolute Gasteiger partial charge is 0.245 e. The van der Waals surface area contributed by atoms with E-state index in [1.54, 1.807) is 20.1 Å². The molecule has 1 saturated heterocycles. The molecule has 2 aliphatic rings. The fourth-order valence-electron chi connectivity index (χ4n) is 4.13. The van der Waals surface area contributed by atoms with Crippen molar-refractivity contribution in [3.63, 3.8) is 0 Å². The van der Waals surface area contributed by atoms with Crippen LogP contribution in [0, 0.1) is 24.6 Å². The van der Waals surface area contributed by atoms with Gasteiger partial charge in [0.1, 0.15) is 10.7 Å². The van der Waals surface area contributed by atoms with Gasteiger partial charge in [-0.3, -0.25) is 4.79 Å². The van der Waals surface area contributed by atoms with E-state index in [9.17, 15) is 17.6 Å². The van der Waals surface area contributed by atoms with Crippen molar-refractivity contribution in [3.8, 4) is 0 Å². The molecule has 1 aromatic rings. The van der Waals surface area contributed by atoms with Crippen LogP contribution in [0.2, 0.25) is 0 Å². The Kier molecular flexibility index (Phi) is 7.08. The Morgan fingerprint density at radius 3 is 2.62 bits per heavy atom. The van der Waals surface area contributed by atoms with Crippen molar-refractivity contribution in [2.24, 2.45) is 11.8 Å². The maximum absolute atomic E-state index is 14.2. The number of allylic oxidation sites excluding steroid dienone is 1. The minimum absolute atomic E-state index is 0.109. The molecule has 160 valence electrons. The third-order valence-corrected chi connectivity index (χ3v) is 7.76. The molecule has 0 spiro atoms. The number of aryl methyl sites for hydroxylation is 1. The topological polar surface area (TPSA) is 66.9 Å². The third kappa shape index (κ3) is 4.87. The fourth-order valence-corrected chi connectivity index (χ4v) is 5.75. The molecular weight excluding hydrogens is 395 g/mol. The summed E-state index contributed by atoms with van der Waals surface area (Å²) in [7, 11) is -2.27. The number of rotatable bonds is 6. The van der Waals surface area contributed by atoms with E-state index >= 15 is 0 Å². The van der Waals surface area contributed by atoms with Crippen molar-refractivity contribution in [2.75, 3.05) is 39.9 Å². The predicted molar refractivity (Wildman–Crippen MR) is 108 cm³/mol. The van der Waals surface area contributed by atoms with Gasteiger partial charge in [0.2, 0.25) is 15.9 Å². The zero-order valence-corrected chi connectivity index (χ0v) is 17.8. The molecule has 0 aromatic heterocycles. The number of carbonyl (C=O) groups is 1. The number of nitrogens with zero attached hydrogens (tertiary/aromatic N) is 2. The summed E-state index contributed by atoms with van der Waals surface area (Å²) in [5.74, 6) is -0.649. The Morgan fingerprint density at radius 1 is 1.21 bits per heavy atom. The second kappa shape index (κ2) is 9.36. The Morgan fingerprint density at radius 2 is 1.93 bits per heavy atom. The molecule has 1 atom stereocenters. The number of halogens is 1. The lowest BCUT2D eigenvalue weighted by atomic mass is 9.82. The zero-order valence-electron chi connectivity index (χ0n) is 17.0. The van der Waals surface area contributed by atoms with Crippen LogP contribution in [-0.4, -0.2) is 63.4 Å². The van der Waals surface area contributed by atoms with Crippen LogP contribution in [0.1, 0.15) is 24.8 Å². The molecule has 0 radical (unpaired) electrons. The summed E-state index contributed by atoms with van der Waals surface area (Å²) < 4.78 is 46.4. The van der Waals surface area contributed by atoms with Crippen molar-refractivity contribution in [2.45, 2.75) is 31.1 Å². The number of carbonyl (C=O) groups excluding carboxylic acids is 1. The fraction of sp³-hybridized carbons (Fsp3) is 0.571. The lowest BCUT2D eigenvalue weighted by Crippen LogP contribution is -2.44. The maximum atomic E-state index is 14.2. The molecular formula is C21H29FN2O4S. The van der Waals surface area contributed by atoms with Crippen molar-refractivity contribution in [3.05, 3.63) is 41.7 Å². The molecule has 1 amide bonds. The van der Waals surface area contributed by atoms with Gasteiger partial charge in [-0.25, -0.2) is 12.8 Å². The number of hydrogen-bond donors (Lipinski definition) is 0. The highest BCUT2D eigenvalue weighted by molar-refractivity contribution is 7.89. The Hall–Kier alpha value is -1.77. The molecule has 2 aliphatic heterocycles. The SMILES string of the molecule is COCCN1CC=CCC(C2CCN(S(=O)(=O)c3cc(C)ccc3F)CC2)C1=O. The molecule has 1 fully saturated rings. The molecule has 8 heteroatoms. The molecule has 29 heavy (non-hydrogen) atoms. The molecule has 2 heterocycles. The van der Waals surface area contributed by atoms with Crippen LogP contribution >= 0.6 is 0 Å². The highest BCUT2D eigenvalue weighted by Gasteiger charge is 2.37. The van der Waals surface area contributed by atoms with Crippen LogP contribution in [0.4, 0.5) is 4.39 Å². The highest BCUT2D eigenvalue weighted by atomic mass is 32.2. The second-order valence-electron chi connectivity index (χ2n) is 7.77. The van der Waals surface area contributed by atoms with Gasteiger partial charge in [-0.05, 0) is 49.8 Å². The number of sulfonamides is 1. The van der Waals surface area contributed by atoms with Gasteiger partial charge in [-0.1, -0.05) is 18.2 Å². The molecule has 1 unspecified atom stereocenters. The van der Waals surface area contributed by atoms with Gasteiger partial charge >= 0.3 is 0 Å². The monoisotopic (exact) mass is 424 g/mol. The molecule has 0 aliphatic carbocycles. The number of amides is 1. The van der Waals surface area contributed by atoms with Crippen LogP contribution in [0.5, 0.6) is 0 Å². The summed E-state index contributed by atoms with van der Waals surface area (Å²) in [6, 6.07) is 4.13. The standard InChI is InChI=1S/C21H29FN2O4S/c1-16-6-7-19(22)20(15-16)29(26,27)24-11-8-17(9-12-24)18-5-3-4-10-23(21(18)25)13-14-28-2/h3-4,6-7,15,17-18H,5,8-14H2,1-2H3. The molecule has 0 N–H and O–H groups in total. The van der Waals surface area contributed by atoms with Crippen LogP contribution in [0.3, 0.4) is 0 Å². The molecule has 1 aromatic carbocycles. The zero-order chi connectivity index (χ0) is 21.0. The van der Waals surface area contributed by atoms with Crippen LogP contribution in [0.15, 0.2) is 35.2 Å². The quantitative estimate of drug-likeness (QED) is 0.659. The highest BCUT2D eigenvalue weighted by Crippen LogP contribution is 2.33. The van der Waals surface area contributed by atoms with Crippen LogP contribution in [-0.2, 0) is 19.6 Å². The lowest BCUT2D eigenvalue weighted by molar-refractivity contribution is -0.137. The predicted octanol–water partition coefficient (Wildman–Crippen LogP) is 2.59. The van der Waals surface area contributed by atoms with Gasteiger partial charge in [-0.2, -0.15) is 4.31 Å². The normalized spacial score (nSPS) is 22.1. The third-order valence-electron chi connectivity index (χ3n) is 5.85. The van der Waals surface area contributed by atoms with E-state index in [4.69, 9.17) is 4.74 Å². The van der Waals surface area contributed by atoms with Gasteiger partial charge in [0, 0.05) is 39.2 Å². The van der Waals surface area contributed by atoms with E-state index in [-0.39, 0.29) is 22.6 Å². The number of benzene rings is 1. The van der Waals surface area contributed by atoms with Gasteiger partial charge in [0.25, 0.3) is 0 Å². The first-order chi connectivity index (χ1) is 13.8. The largest absolute Gasteiger partial charge is 0.383 e. The van der Waals surface area contributed by atoms with Crippen molar-refractivity contribution in [1.82, 2.24) is 9.21 Å². The minimum atomic E-state index is -3.88. The Bertz CT molecular complexity index is 863. The number of methoxy groups -OCH3 is 1. The number of piperidine rings is 1. The van der Waals surface area contributed by atoms with Crippen molar-refractivity contribution < 1.29 is 22.3 Å². The van der Waals surface area contributed by atoms with Crippen LogP contribution in [0.25, 0.3) is 0 Å². The summed E-state index contributed by atoms with van der Waals surface area (Å²) in [5, 5.41) is 0. The van der Waals surface area contributed by atoms with E-state index in [0.29, 0.717) is 57.6 Å². The van der Waals surface area contributed by atoms with Gasteiger partial charge < -0.3 is 9.64 Å². The van der Waals surface area contributed by atoms with E-state index in [1.165, 1.54) is 16.4 Å². The number of ether oxygens (including phenoxy) is 1. The van der Waals surface area contributed by atoms with Crippen molar-refractivity contribution in [1.29, 1.82) is 0 Å². The van der Waals surface area contributed by atoms with Gasteiger partial charge in [0.15, 0.2) is 0 Å². The van der Waals surface area contributed by atoms with Crippen molar-refractivity contribution >= 4 is 15.9 Å². The van der Waals surface area contributed by atoms with E-state index in [1.807, 2.05) is 17.1 Å². The Labute approximate surface area is 172 Å². The summed E-state index contributed by atoms with van der Waals surface area (Å²) in [6.45, 7) is 3.96. The maximum Gasteiger partial charge on any atom is 0.245 e. The van der Waals surface area contributed by atoms with Crippen LogP contribution < -0.4 is 0 Å². The molecule has 6 nitrogen and oxygen atoms in total. The summed E-state index contributed by atoms with van der Waals surface area (Å²) in [5.41, 5.74) is 0.701. The first-order valence-corrected chi connectivity index (χ1v) is 11.5. The second-order valence-corrected chi connectivity index (χ2v) is 9.67. The van der Waals surface area contributed by atoms with E-state index in [2.05, 4.69) is 0 Å². The van der Waals surface area contributed by atoms with E-state index in [0.717, 1.165) is 0 Å². The summed E-state index contributed by atoms with van der Waals surface area (Å²) in [6.07, 6.45) is 5.91. The number of hydrogen-bond acceptors (Lipinski definition) is 4. The van der Waals surface area contributed by atoms with Gasteiger partial charge in [-0.15, -0.1) is 0 Å². The lowest BCUT2D eigenvalue weighted by Gasteiger charge is -2.36. The Balaban J connectivity index is 1.68. The van der Waals surface area contributed by atoms with E-state index < -0.39 is 15.8 Å². The first kappa shape index (κ1) is 21.9. The average molecular weight is 425 g/mol. The molecule has 0 bridgehead atoms. The minimum Gasteiger partial charge on any atom is -0.383 e. The summed E-state index contributed by atoms with van der Waals surface area (Å²) in [4.78, 5) is 14.5.